The lowest BCUT2D eigenvalue weighted by Crippen LogP contribution is -2.26. The number of ether oxygens (including phenoxy) is 1. The van der Waals surface area contributed by atoms with Crippen LogP contribution in [0.3, 0.4) is 0 Å². The van der Waals surface area contributed by atoms with E-state index in [-0.39, 0.29) is 17.8 Å². The number of hydrogen-bond acceptors (Lipinski definition) is 5. The van der Waals surface area contributed by atoms with Crippen LogP contribution in [0.15, 0.2) is 54.6 Å². The number of esters is 1. The minimum absolute atomic E-state index is 0.00241. The van der Waals surface area contributed by atoms with Crippen molar-refractivity contribution >= 4 is 35.2 Å². The third kappa shape index (κ3) is 10.5. The van der Waals surface area contributed by atoms with Gasteiger partial charge in [0.15, 0.2) is 0 Å². The fourth-order valence-electron chi connectivity index (χ4n) is 3.08. The van der Waals surface area contributed by atoms with Gasteiger partial charge in [-0.25, -0.2) is 0 Å². The van der Waals surface area contributed by atoms with E-state index in [9.17, 15) is 14.4 Å². The molecule has 2 aromatic carbocycles. The molecule has 0 unspecified atom stereocenters. The Morgan fingerprint density at radius 2 is 1.62 bits per heavy atom. The van der Waals surface area contributed by atoms with Crippen molar-refractivity contribution in [2.24, 2.45) is 0 Å². The highest BCUT2D eigenvalue weighted by atomic mass is 32.2. The van der Waals surface area contributed by atoms with Gasteiger partial charge in [0.2, 0.25) is 11.8 Å². The molecule has 0 radical (unpaired) electrons. The number of methoxy groups -OCH3 is 1. The topological polar surface area (TPSA) is 84.5 Å². The van der Waals surface area contributed by atoms with Crippen LogP contribution in [0.5, 0.6) is 0 Å². The van der Waals surface area contributed by atoms with E-state index in [1.54, 1.807) is 0 Å². The van der Waals surface area contributed by atoms with Crippen LogP contribution >= 0.6 is 11.8 Å². The van der Waals surface area contributed by atoms with Crippen LogP contribution in [-0.4, -0.2) is 42.9 Å². The van der Waals surface area contributed by atoms with Gasteiger partial charge in [-0.3, -0.25) is 14.4 Å². The lowest BCUT2D eigenvalue weighted by molar-refractivity contribution is -0.140. The second-order valence-electron chi connectivity index (χ2n) is 7.39. The Hall–Kier alpha value is -2.80. The van der Waals surface area contributed by atoms with Crippen molar-refractivity contribution in [3.05, 3.63) is 54.6 Å². The van der Waals surface area contributed by atoms with Gasteiger partial charge >= 0.3 is 5.97 Å². The molecular formula is C25H32N2O4S. The molecule has 32 heavy (non-hydrogen) atoms. The molecule has 0 aliphatic heterocycles. The third-order valence-electron chi connectivity index (χ3n) is 4.79. The molecule has 0 saturated heterocycles. The van der Waals surface area contributed by atoms with Crippen molar-refractivity contribution in [1.29, 1.82) is 0 Å². The number of carbonyl (C=O) groups excluding carboxylic acids is 3. The molecule has 0 spiro atoms. The van der Waals surface area contributed by atoms with E-state index in [2.05, 4.69) is 15.4 Å². The van der Waals surface area contributed by atoms with E-state index in [1.165, 1.54) is 18.9 Å². The second kappa shape index (κ2) is 15.1. The molecule has 2 aromatic rings. The minimum Gasteiger partial charge on any atom is -0.469 e. The third-order valence-corrected chi connectivity index (χ3v) is 5.83. The number of nitrogens with one attached hydrogen (secondary N) is 2. The average molecular weight is 457 g/mol. The summed E-state index contributed by atoms with van der Waals surface area (Å²) in [4.78, 5) is 35.0. The van der Waals surface area contributed by atoms with Gasteiger partial charge in [0.25, 0.3) is 0 Å². The highest BCUT2D eigenvalue weighted by Crippen LogP contribution is 2.22. The van der Waals surface area contributed by atoms with Crippen molar-refractivity contribution < 1.29 is 19.1 Å². The van der Waals surface area contributed by atoms with Gasteiger partial charge in [-0.05, 0) is 48.3 Å². The number of hydrogen-bond donors (Lipinski definition) is 2. The molecule has 0 heterocycles. The quantitative estimate of drug-likeness (QED) is 0.319. The highest BCUT2D eigenvalue weighted by Gasteiger charge is 2.05. The minimum atomic E-state index is -0.218. The van der Waals surface area contributed by atoms with E-state index in [4.69, 9.17) is 0 Å². The van der Waals surface area contributed by atoms with Gasteiger partial charge in [-0.15, -0.1) is 0 Å². The van der Waals surface area contributed by atoms with Crippen molar-refractivity contribution in [2.75, 3.05) is 30.5 Å². The average Bonchev–Trinajstić information content (AvgIpc) is 2.81. The first-order valence-electron chi connectivity index (χ1n) is 10.9. The number of anilines is 1. The Labute approximate surface area is 194 Å². The van der Waals surface area contributed by atoms with Crippen molar-refractivity contribution in [1.82, 2.24) is 5.32 Å². The molecule has 0 aliphatic rings. The van der Waals surface area contributed by atoms with Crippen LogP contribution < -0.4 is 10.6 Å². The molecule has 7 heteroatoms. The summed E-state index contributed by atoms with van der Waals surface area (Å²) in [5, 5.41) is 5.86. The standard InChI is InChI=1S/C25H32N2O4S/c1-31-25(30)15-9-17-32-19-24(29)26-16-7-3-6-14-23(28)27-22-13-8-12-21(18-22)20-10-4-2-5-11-20/h2,4-5,8,10-13,18H,3,6-7,9,14-17,19H2,1H3,(H,26,29)(H,27,28). The summed E-state index contributed by atoms with van der Waals surface area (Å²) in [7, 11) is 1.38. The van der Waals surface area contributed by atoms with Crippen LogP contribution in [0, 0.1) is 0 Å². The molecule has 0 aliphatic carbocycles. The molecular weight excluding hydrogens is 424 g/mol. The monoisotopic (exact) mass is 456 g/mol. The van der Waals surface area contributed by atoms with Gasteiger partial charge < -0.3 is 15.4 Å². The Bertz CT molecular complexity index is 858. The summed E-state index contributed by atoms with van der Waals surface area (Å²) in [6.07, 6.45) is 4.06. The number of unbranched alkanes of at least 4 members (excludes halogenated alkanes) is 2. The molecule has 2 amide bonds. The molecule has 6 nitrogen and oxygen atoms in total. The van der Waals surface area contributed by atoms with E-state index in [0.29, 0.717) is 31.6 Å². The first kappa shape index (κ1) is 25.5. The number of carbonyl (C=O) groups is 3. The van der Waals surface area contributed by atoms with E-state index in [0.717, 1.165) is 41.8 Å². The molecule has 2 rings (SSSR count). The maximum Gasteiger partial charge on any atom is 0.305 e. The lowest BCUT2D eigenvalue weighted by Gasteiger charge is -2.08. The van der Waals surface area contributed by atoms with Gasteiger partial charge in [-0.2, -0.15) is 11.8 Å². The fourth-order valence-corrected chi connectivity index (χ4v) is 3.86. The zero-order valence-electron chi connectivity index (χ0n) is 18.6. The Kier molecular flexibility index (Phi) is 12.0. The molecule has 0 fully saturated rings. The Morgan fingerprint density at radius 1 is 0.844 bits per heavy atom. The molecule has 0 aromatic heterocycles. The highest BCUT2D eigenvalue weighted by molar-refractivity contribution is 7.99. The number of benzene rings is 2. The van der Waals surface area contributed by atoms with Gasteiger partial charge in [0.05, 0.1) is 12.9 Å². The van der Waals surface area contributed by atoms with Crippen LogP contribution in [-0.2, 0) is 19.1 Å². The summed E-state index contributed by atoms with van der Waals surface area (Å²) in [5.74, 6) is 0.938. The molecule has 2 N–H and O–H groups in total. The first-order chi connectivity index (χ1) is 15.6. The summed E-state index contributed by atoms with van der Waals surface area (Å²) >= 11 is 1.51. The zero-order chi connectivity index (χ0) is 23.0. The van der Waals surface area contributed by atoms with Crippen LogP contribution in [0.4, 0.5) is 5.69 Å². The van der Waals surface area contributed by atoms with Crippen LogP contribution in [0.25, 0.3) is 11.1 Å². The normalized spacial score (nSPS) is 10.4. The zero-order valence-corrected chi connectivity index (χ0v) is 19.4. The van der Waals surface area contributed by atoms with Crippen LogP contribution in [0.2, 0.25) is 0 Å². The lowest BCUT2D eigenvalue weighted by atomic mass is 10.1. The number of amides is 2. The maximum absolute atomic E-state index is 12.2. The summed E-state index contributed by atoms with van der Waals surface area (Å²) in [6, 6.07) is 17.9. The molecule has 172 valence electrons. The van der Waals surface area contributed by atoms with Gasteiger partial charge in [-0.1, -0.05) is 48.9 Å². The smallest absolute Gasteiger partial charge is 0.305 e. The fraction of sp³-hybridized carbons (Fsp3) is 0.400. The SMILES string of the molecule is COC(=O)CCCSCC(=O)NCCCCCC(=O)Nc1cccc(-c2ccccc2)c1. The summed E-state index contributed by atoms with van der Waals surface area (Å²) in [6.45, 7) is 0.613. The maximum atomic E-state index is 12.2. The predicted molar refractivity (Wildman–Crippen MR) is 131 cm³/mol. The Morgan fingerprint density at radius 3 is 2.41 bits per heavy atom. The molecule has 0 atom stereocenters. The first-order valence-corrected chi connectivity index (χ1v) is 12.1. The van der Waals surface area contributed by atoms with Crippen molar-refractivity contribution in [3.8, 4) is 11.1 Å². The van der Waals surface area contributed by atoms with E-state index >= 15 is 0 Å². The van der Waals surface area contributed by atoms with Gasteiger partial charge in [0, 0.05) is 25.1 Å². The Balaban J connectivity index is 1.53. The molecule has 0 saturated carbocycles. The van der Waals surface area contributed by atoms with Crippen molar-refractivity contribution in [2.45, 2.75) is 38.5 Å². The summed E-state index contributed by atoms with van der Waals surface area (Å²) in [5.41, 5.74) is 2.98. The van der Waals surface area contributed by atoms with Crippen molar-refractivity contribution in [3.63, 3.8) is 0 Å². The van der Waals surface area contributed by atoms with Crippen LogP contribution in [0.1, 0.15) is 38.5 Å². The second-order valence-corrected chi connectivity index (χ2v) is 8.49. The molecule has 0 bridgehead atoms. The van der Waals surface area contributed by atoms with Gasteiger partial charge in [0.1, 0.15) is 0 Å². The van der Waals surface area contributed by atoms with E-state index in [1.807, 2.05) is 54.6 Å². The largest absolute Gasteiger partial charge is 0.469 e. The number of thioether (sulfide) groups is 1. The van der Waals surface area contributed by atoms with E-state index < -0.39 is 0 Å². The number of rotatable bonds is 14. The predicted octanol–water partition coefficient (Wildman–Crippen LogP) is 4.66. The summed E-state index contributed by atoms with van der Waals surface area (Å²) < 4.78 is 4.58.